The van der Waals surface area contributed by atoms with Crippen LogP contribution in [0.3, 0.4) is 0 Å². The molecule has 1 aromatic rings. The lowest BCUT2D eigenvalue weighted by atomic mass is 9.86. The van der Waals surface area contributed by atoms with Gasteiger partial charge in [0.25, 0.3) is 0 Å². The molecule has 0 spiro atoms. The molecular formula is C21H34N2. The van der Waals surface area contributed by atoms with Gasteiger partial charge in [0.1, 0.15) is 0 Å². The summed E-state index contributed by atoms with van der Waals surface area (Å²) in [6, 6.07) is 9.82. The summed E-state index contributed by atoms with van der Waals surface area (Å²) in [5.74, 6) is 1.62. The van der Waals surface area contributed by atoms with Crippen molar-refractivity contribution in [2.45, 2.75) is 64.3 Å². The van der Waals surface area contributed by atoms with Gasteiger partial charge in [-0.15, -0.1) is 0 Å². The van der Waals surface area contributed by atoms with E-state index in [9.17, 15) is 0 Å². The maximum Gasteiger partial charge on any atom is 0.0201 e. The minimum atomic E-state index is 0.663. The number of likely N-dealkylation sites (tertiary alicyclic amines) is 1. The first-order chi connectivity index (χ1) is 11.2. The van der Waals surface area contributed by atoms with Gasteiger partial charge in [-0.3, -0.25) is 0 Å². The first-order valence-corrected chi connectivity index (χ1v) is 9.77. The number of likely N-dealkylation sites (N-methyl/N-ethyl adjacent to an activating group) is 1. The Labute approximate surface area is 142 Å². The van der Waals surface area contributed by atoms with Crippen LogP contribution < -0.4 is 5.32 Å². The van der Waals surface area contributed by atoms with E-state index in [4.69, 9.17) is 0 Å². The first kappa shape index (κ1) is 17.0. The number of nitrogens with zero attached hydrogens (tertiary/aromatic N) is 1. The molecule has 1 aliphatic carbocycles. The average molecular weight is 315 g/mol. The van der Waals surface area contributed by atoms with Gasteiger partial charge in [-0.05, 0) is 56.7 Å². The second kappa shape index (κ2) is 8.30. The Morgan fingerprint density at radius 3 is 2.70 bits per heavy atom. The SMILES string of the molecule is CCN1CC(NCC2CCCCC2)CC(c2cccc(C)c2)C1. The molecule has 0 amide bonds. The van der Waals surface area contributed by atoms with Gasteiger partial charge in [0.15, 0.2) is 0 Å². The maximum atomic E-state index is 3.93. The maximum absolute atomic E-state index is 3.93. The Morgan fingerprint density at radius 1 is 1.13 bits per heavy atom. The van der Waals surface area contributed by atoms with Crippen molar-refractivity contribution in [2.24, 2.45) is 5.92 Å². The summed E-state index contributed by atoms with van der Waals surface area (Å²) in [7, 11) is 0. The molecule has 3 rings (SSSR count). The fraction of sp³-hybridized carbons (Fsp3) is 0.714. The molecular weight excluding hydrogens is 280 g/mol. The van der Waals surface area contributed by atoms with E-state index in [1.54, 1.807) is 0 Å². The van der Waals surface area contributed by atoms with Crippen LogP contribution in [0.15, 0.2) is 24.3 Å². The van der Waals surface area contributed by atoms with Crippen molar-refractivity contribution < 1.29 is 0 Å². The highest BCUT2D eigenvalue weighted by Gasteiger charge is 2.28. The van der Waals surface area contributed by atoms with Crippen LogP contribution in [0.25, 0.3) is 0 Å². The molecule has 1 N–H and O–H groups in total. The second-order valence-corrected chi connectivity index (χ2v) is 7.81. The molecule has 2 fully saturated rings. The van der Waals surface area contributed by atoms with Gasteiger partial charge in [-0.1, -0.05) is 56.0 Å². The van der Waals surface area contributed by atoms with Crippen LogP contribution in [0.4, 0.5) is 0 Å². The van der Waals surface area contributed by atoms with Crippen LogP contribution in [0.1, 0.15) is 62.5 Å². The van der Waals surface area contributed by atoms with Crippen LogP contribution in [-0.4, -0.2) is 37.1 Å². The van der Waals surface area contributed by atoms with Crippen LogP contribution in [0.2, 0.25) is 0 Å². The number of aryl methyl sites for hydroxylation is 1. The standard InChI is InChI=1S/C21H34N2/c1-3-23-15-20(19-11-7-8-17(2)12-19)13-21(16-23)22-14-18-9-5-4-6-10-18/h7-8,11-12,18,20-22H,3-6,9-10,13-16H2,1-2H3. The molecule has 23 heavy (non-hydrogen) atoms. The molecule has 128 valence electrons. The molecule has 1 aromatic carbocycles. The number of hydrogen-bond acceptors (Lipinski definition) is 2. The number of piperidine rings is 1. The Hall–Kier alpha value is -0.860. The van der Waals surface area contributed by atoms with Gasteiger partial charge in [0.05, 0.1) is 0 Å². The van der Waals surface area contributed by atoms with E-state index in [1.807, 2.05) is 0 Å². The number of rotatable bonds is 5. The third-order valence-electron chi connectivity index (χ3n) is 5.91. The van der Waals surface area contributed by atoms with Crippen molar-refractivity contribution in [2.75, 3.05) is 26.2 Å². The summed E-state index contributed by atoms with van der Waals surface area (Å²) in [4.78, 5) is 2.63. The predicted octanol–water partition coefficient (Wildman–Crippen LogP) is 4.34. The molecule has 2 unspecified atom stereocenters. The summed E-state index contributed by atoms with van der Waals surface area (Å²) >= 11 is 0. The Morgan fingerprint density at radius 2 is 1.96 bits per heavy atom. The molecule has 1 saturated carbocycles. The summed E-state index contributed by atoms with van der Waals surface area (Å²) in [5.41, 5.74) is 2.93. The van der Waals surface area contributed by atoms with Gasteiger partial charge in [0.2, 0.25) is 0 Å². The van der Waals surface area contributed by atoms with Crippen molar-refractivity contribution in [3.8, 4) is 0 Å². The summed E-state index contributed by atoms with van der Waals surface area (Å²) in [6.45, 7) is 9.37. The van der Waals surface area contributed by atoms with E-state index in [2.05, 4.69) is 48.3 Å². The number of hydrogen-bond donors (Lipinski definition) is 1. The highest BCUT2D eigenvalue weighted by atomic mass is 15.2. The lowest BCUT2D eigenvalue weighted by molar-refractivity contribution is 0.172. The topological polar surface area (TPSA) is 15.3 Å². The highest BCUT2D eigenvalue weighted by molar-refractivity contribution is 5.26. The average Bonchev–Trinajstić information content (AvgIpc) is 2.60. The second-order valence-electron chi connectivity index (χ2n) is 7.81. The monoisotopic (exact) mass is 314 g/mol. The molecule has 0 aromatic heterocycles. The fourth-order valence-corrected chi connectivity index (χ4v) is 4.49. The number of nitrogens with one attached hydrogen (secondary N) is 1. The zero-order valence-corrected chi connectivity index (χ0v) is 15.1. The van der Waals surface area contributed by atoms with Gasteiger partial charge < -0.3 is 10.2 Å². The van der Waals surface area contributed by atoms with Gasteiger partial charge in [0, 0.05) is 19.1 Å². The molecule has 1 aliphatic heterocycles. The first-order valence-electron chi connectivity index (χ1n) is 9.77. The molecule has 0 bridgehead atoms. The minimum Gasteiger partial charge on any atom is -0.312 e. The lowest BCUT2D eigenvalue weighted by Gasteiger charge is -2.39. The normalized spacial score (nSPS) is 27.2. The Bertz CT molecular complexity index is 478. The molecule has 2 heteroatoms. The smallest absolute Gasteiger partial charge is 0.0201 e. The van der Waals surface area contributed by atoms with Crippen LogP contribution in [0, 0.1) is 12.8 Å². The predicted molar refractivity (Wildman–Crippen MR) is 99.0 cm³/mol. The van der Waals surface area contributed by atoms with Gasteiger partial charge >= 0.3 is 0 Å². The molecule has 1 saturated heterocycles. The highest BCUT2D eigenvalue weighted by Crippen LogP contribution is 2.28. The van der Waals surface area contributed by atoms with Crippen LogP contribution >= 0.6 is 0 Å². The largest absolute Gasteiger partial charge is 0.312 e. The van der Waals surface area contributed by atoms with Gasteiger partial charge in [-0.25, -0.2) is 0 Å². The van der Waals surface area contributed by atoms with Crippen LogP contribution in [-0.2, 0) is 0 Å². The molecule has 2 nitrogen and oxygen atoms in total. The van der Waals surface area contributed by atoms with E-state index < -0.39 is 0 Å². The van der Waals surface area contributed by atoms with Gasteiger partial charge in [-0.2, -0.15) is 0 Å². The van der Waals surface area contributed by atoms with E-state index in [0.717, 1.165) is 5.92 Å². The summed E-state index contributed by atoms with van der Waals surface area (Å²) in [6.07, 6.45) is 8.54. The van der Waals surface area contributed by atoms with Crippen molar-refractivity contribution in [3.63, 3.8) is 0 Å². The van der Waals surface area contributed by atoms with E-state index in [1.165, 1.54) is 75.8 Å². The molecule has 0 radical (unpaired) electrons. The van der Waals surface area contributed by atoms with Crippen molar-refractivity contribution in [1.29, 1.82) is 0 Å². The van der Waals surface area contributed by atoms with Crippen molar-refractivity contribution in [3.05, 3.63) is 35.4 Å². The lowest BCUT2D eigenvalue weighted by Crippen LogP contribution is -2.49. The fourth-order valence-electron chi connectivity index (χ4n) is 4.49. The zero-order chi connectivity index (χ0) is 16.1. The minimum absolute atomic E-state index is 0.663. The third kappa shape index (κ3) is 4.81. The van der Waals surface area contributed by atoms with E-state index in [-0.39, 0.29) is 0 Å². The van der Waals surface area contributed by atoms with Crippen molar-refractivity contribution >= 4 is 0 Å². The number of benzene rings is 1. The summed E-state index contributed by atoms with van der Waals surface area (Å²) in [5, 5.41) is 3.93. The molecule has 2 aliphatic rings. The van der Waals surface area contributed by atoms with E-state index >= 15 is 0 Å². The Kier molecular flexibility index (Phi) is 6.13. The molecule has 2 atom stereocenters. The Balaban J connectivity index is 1.59. The van der Waals surface area contributed by atoms with E-state index in [0.29, 0.717) is 12.0 Å². The quantitative estimate of drug-likeness (QED) is 0.869. The van der Waals surface area contributed by atoms with Crippen LogP contribution in [0.5, 0.6) is 0 Å². The molecule has 1 heterocycles. The zero-order valence-electron chi connectivity index (χ0n) is 15.1. The summed E-state index contributed by atoms with van der Waals surface area (Å²) < 4.78 is 0. The third-order valence-corrected chi connectivity index (χ3v) is 5.91. The van der Waals surface area contributed by atoms with Crippen molar-refractivity contribution in [1.82, 2.24) is 10.2 Å².